The topological polar surface area (TPSA) is 50.9 Å². The minimum absolute atomic E-state index is 0.278. The molecule has 1 saturated heterocycles. The van der Waals surface area contributed by atoms with Gasteiger partial charge in [-0.25, -0.2) is 13.7 Å². The molecule has 1 aliphatic carbocycles. The fourth-order valence-corrected chi connectivity index (χ4v) is 5.53. The molecule has 4 nitrogen and oxygen atoms in total. The fraction of sp³-hybridized carbons (Fsp3) is 0.269. The number of methoxy groups -OCH3 is 1. The number of hydrogen-bond donors (Lipinski definition) is 1. The van der Waals surface area contributed by atoms with E-state index < -0.39 is 0 Å². The lowest BCUT2D eigenvalue weighted by atomic mass is 9.66. The number of allylic oxidation sites excluding steroid dienone is 2. The molecule has 0 aromatic heterocycles. The number of fused-ring (bicyclic) bond motifs is 1. The predicted molar refractivity (Wildman–Crippen MR) is 130 cm³/mol. The third-order valence-corrected chi connectivity index (χ3v) is 7.14. The van der Waals surface area contributed by atoms with Crippen LogP contribution in [0, 0.1) is 18.2 Å². The molecule has 2 aromatic carbocycles. The molecule has 1 unspecified atom stereocenters. The molecule has 2 aromatic rings. The van der Waals surface area contributed by atoms with Gasteiger partial charge in [0, 0.05) is 18.0 Å². The van der Waals surface area contributed by atoms with Crippen molar-refractivity contribution in [3.63, 3.8) is 0 Å². The first-order valence-electron chi connectivity index (χ1n) is 10.6. The number of nitrogens with zero attached hydrogens (tertiary/aromatic N) is 2. The standard InChI is InChI=1S/C26H28FN3OS/c1-18-5-4-6-24(13-18)32-30-12-11-21-14-25(29-23-9-7-22(27)8-10-23)20(16-28)15-26(21,17-30)19(2)31-3/h4-10,13-14,16H,2,11-12,15,17,28H2,1,3H3. The Kier molecular flexibility index (Phi) is 6.53. The fourth-order valence-electron chi connectivity index (χ4n) is 4.38. The Morgan fingerprint density at radius 2 is 2.06 bits per heavy atom. The molecule has 6 heteroatoms. The van der Waals surface area contributed by atoms with Gasteiger partial charge in [0.25, 0.3) is 0 Å². The van der Waals surface area contributed by atoms with Crippen LogP contribution in [0.4, 0.5) is 10.1 Å². The smallest absolute Gasteiger partial charge is 0.123 e. The van der Waals surface area contributed by atoms with Gasteiger partial charge < -0.3 is 10.5 Å². The molecule has 1 fully saturated rings. The third kappa shape index (κ3) is 4.52. The molecule has 2 N–H and O–H groups in total. The van der Waals surface area contributed by atoms with E-state index >= 15 is 0 Å². The lowest BCUT2D eigenvalue weighted by molar-refractivity contribution is 0.152. The number of aryl methyl sites for hydroxylation is 1. The minimum Gasteiger partial charge on any atom is -0.501 e. The number of rotatable bonds is 5. The van der Waals surface area contributed by atoms with Gasteiger partial charge in [-0.1, -0.05) is 24.3 Å². The molecule has 0 saturated carbocycles. The van der Waals surface area contributed by atoms with Gasteiger partial charge in [0.05, 0.1) is 23.9 Å². The number of nitrogens with two attached hydrogens (primary N) is 1. The summed E-state index contributed by atoms with van der Waals surface area (Å²) in [5, 5.41) is 0. The number of aliphatic imine (C=N–C) groups is 1. The lowest BCUT2D eigenvalue weighted by Gasteiger charge is -2.47. The highest BCUT2D eigenvalue weighted by molar-refractivity contribution is 7.97. The predicted octanol–water partition coefficient (Wildman–Crippen LogP) is 5.94. The average molecular weight is 450 g/mol. The second-order valence-electron chi connectivity index (χ2n) is 8.24. The van der Waals surface area contributed by atoms with Crippen LogP contribution in [-0.4, -0.2) is 30.2 Å². The van der Waals surface area contributed by atoms with E-state index in [9.17, 15) is 4.39 Å². The highest BCUT2D eigenvalue weighted by Crippen LogP contribution is 2.50. The molecule has 2 aliphatic rings. The molecule has 0 radical (unpaired) electrons. The van der Waals surface area contributed by atoms with E-state index in [0.717, 1.165) is 36.6 Å². The molecule has 0 amide bonds. The van der Waals surface area contributed by atoms with Crippen molar-refractivity contribution >= 4 is 23.3 Å². The third-order valence-electron chi connectivity index (χ3n) is 6.11. The van der Waals surface area contributed by atoms with Gasteiger partial charge in [-0.15, -0.1) is 0 Å². The van der Waals surface area contributed by atoms with Crippen LogP contribution >= 0.6 is 11.9 Å². The van der Waals surface area contributed by atoms with Gasteiger partial charge in [0.1, 0.15) is 11.6 Å². The van der Waals surface area contributed by atoms with Crippen LogP contribution in [0.5, 0.6) is 0 Å². The zero-order valence-electron chi connectivity index (χ0n) is 18.5. The number of benzene rings is 2. The van der Waals surface area contributed by atoms with Crippen molar-refractivity contribution < 1.29 is 9.13 Å². The summed E-state index contributed by atoms with van der Waals surface area (Å²) in [6.45, 7) is 8.05. The second kappa shape index (κ2) is 9.35. The van der Waals surface area contributed by atoms with Gasteiger partial charge in [-0.3, -0.25) is 0 Å². The number of ether oxygens (including phenoxy) is 1. The van der Waals surface area contributed by atoms with Crippen molar-refractivity contribution in [2.45, 2.75) is 24.7 Å². The van der Waals surface area contributed by atoms with E-state index in [4.69, 9.17) is 15.5 Å². The Hall–Kier alpha value is -2.83. The van der Waals surface area contributed by atoms with Crippen molar-refractivity contribution in [3.05, 3.63) is 95.7 Å². The Morgan fingerprint density at radius 3 is 2.75 bits per heavy atom. The average Bonchev–Trinajstić information content (AvgIpc) is 2.79. The SMILES string of the molecule is C=C(OC)C12CC(=CN)C(=Nc3ccc(F)cc3)C=C1CCN(Sc1cccc(C)c1)C2. The van der Waals surface area contributed by atoms with Crippen LogP contribution in [0.2, 0.25) is 0 Å². The molecule has 1 heterocycles. The minimum atomic E-state index is -0.364. The summed E-state index contributed by atoms with van der Waals surface area (Å²) >= 11 is 1.77. The lowest BCUT2D eigenvalue weighted by Crippen LogP contribution is -2.46. The van der Waals surface area contributed by atoms with Gasteiger partial charge in [-0.2, -0.15) is 0 Å². The van der Waals surface area contributed by atoms with Crippen LogP contribution in [-0.2, 0) is 4.74 Å². The molecule has 1 atom stereocenters. The summed E-state index contributed by atoms with van der Waals surface area (Å²) in [6, 6.07) is 14.7. The number of halogens is 1. The van der Waals surface area contributed by atoms with Gasteiger partial charge in [0.2, 0.25) is 0 Å². The maximum Gasteiger partial charge on any atom is 0.123 e. The first-order valence-corrected chi connectivity index (χ1v) is 11.4. The Balaban J connectivity index is 1.68. The zero-order valence-corrected chi connectivity index (χ0v) is 19.3. The largest absolute Gasteiger partial charge is 0.501 e. The summed E-state index contributed by atoms with van der Waals surface area (Å²) in [6.07, 6.45) is 5.27. The van der Waals surface area contributed by atoms with Crippen LogP contribution in [0.1, 0.15) is 18.4 Å². The molecular formula is C26H28FN3OS. The van der Waals surface area contributed by atoms with Crippen LogP contribution in [0.3, 0.4) is 0 Å². The molecule has 1 aliphatic heterocycles. The maximum atomic E-state index is 13.3. The molecule has 4 rings (SSSR count). The van der Waals surface area contributed by atoms with E-state index in [1.54, 1.807) is 37.4 Å². The summed E-state index contributed by atoms with van der Waals surface area (Å²) in [5.74, 6) is 0.456. The Labute approximate surface area is 193 Å². The van der Waals surface area contributed by atoms with Crippen molar-refractivity contribution in [2.75, 3.05) is 20.2 Å². The molecule has 0 spiro atoms. The van der Waals surface area contributed by atoms with Crippen molar-refractivity contribution in [1.82, 2.24) is 4.31 Å². The van der Waals surface area contributed by atoms with Crippen LogP contribution < -0.4 is 5.73 Å². The highest BCUT2D eigenvalue weighted by atomic mass is 32.2. The van der Waals surface area contributed by atoms with Crippen molar-refractivity contribution in [2.24, 2.45) is 16.1 Å². The summed E-state index contributed by atoms with van der Waals surface area (Å²) in [7, 11) is 1.68. The van der Waals surface area contributed by atoms with E-state index in [0.29, 0.717) is 12.1 Å². The van der Waals surface area contributed by atoms with Crippen LogP contribution in [0.25, 0.3) is 0 Å². The summed E-state index contributed by atoms with van der Waals surface area (Å²) in [5.41, 5.74) is 10.6. The first-order chi connectivity index (χ1) is 15.4. The van der Waals surface area contributed by atoms with Gasteiger partial charge in [-0.05, 0) is 91.5 Å². The van der Waals surface area contributed by atoms with Gasteiger partial charge >= 0.3 is 0 Å². The van der Waals surface area contributed by atoms with E-state index in [2.05, 4.69) is 48.1 Å². The summed E-state index contributed by atoms with van der Waals surface area (Å²) in [4.78, 5) is 5.97. The van der Waals surface area contributed by atoms with Crippen molar-refractivity contribution in [1.29, 1.82) is 0 Å². The highest BCUT2D eigenvalue weighted by Gasteiger charge is 2.46. The second-order valence-corrected chi connectivity index (χ2v) is 9.41. The molecular weight excluding hydrogens is 421 g/mol. The van der Waals surface area contributed by atoms with E-state index in [1.165, 1.54) is 28.2 Å². The Morgan fingerprint density at radius 1 is 1.28 bits per heavy atom. The normalized spacial score (nSPS) is 23.7. The van der Waals surface area contributed by atoms with E-state index in [-0.39, 0.29) is 11.2 Å². The molecule has 0 bridgehead atoms. The summed E-state index contributed by atoms with van der Waals surface area (Å²) < 4.78 is 21.4. The van der Waals surface area contributed by atoms with Gasteiger partial charge in [0.15, 0.2) is 0 Å². The quantitative estimate of drug-likeness (QED) is 0.453. The zero-order chi connectivity index (χ0) is 22.7. The maximum absolute atomic E-state index is 13.3. The number of hydrogen-bond acceptors (Lipinski definition) is 5. The Bertz CT molecular complexity index is 1110. The molecule has 32 heavy (non-hydrogen) atoms. The monoisotopic (exact) mass is 449 g/mol. The van der Waals surface area contributed by atoms with E-state index in [1.807, 2.05) is 0 Å². The number of piperidine rings is 1. The van der Waals surface area contributed by atoms with Crippen molar-refractivity contribution in [3.8, 4) is 0 Å². The first kappa shape index (κ1) is 22.4. The van der Waals surface area contributed by atoms with Crippen LogP contribution in [0.15, 0.2) is 94.2 Å². The molecule has 166 valence electrons.